The van der Waals surface area contributed by atoms with Gasteiger partial charge in [-0.3, -0.25) is 9.59 Å². The second-order valence-electron chi connectivity index (χ2n) is 5.13. The molecule has 0 spiro atoms. The monoisotopic (exact) mass is 262 g/mol. The number of rotatable bonds is 5. The van der Waals surface area contributed by atoms with E-state index in [4.69, 9.17) is 0 Å². The molecule has 0 unspecified atom stereocenters. The maximum atomic E-state index is 12.0. The van der Waals surface area contributed by atoms with E-state index < -0.39 is 0 Å². The van der Waals surface area contributed by atoms with Crippen LogP contribution in [0.3, 0.4) is 0 Å². The topological polar surface area (TPSA) is 49.4 Å². The first-order chi connectivity index (χ1) is 8.88. The van der Waals surface area contributed by atoms with Gasteiger partial charge in [0.25, 0.3) is 0 Å². The van der Waals surface area contributed by atoms with Crippen molar-refractivity contribution < 1.29 is 9.59 Å². The van der Waals surface area contributed by atoms with Gasteiger partial charge in [-0.2, -0.15) is 0 Å². The molecule has 0 aromatic heterocycles. The van der Waals surface area contributed by atoms with E-state index in [9.17, 15) is 9.59 Å². The van der Waals surface area contributed by atoms with Crippen LogP contribution in [-0.2, 0) is 16.0 Å². The highest BCUT2D eigenvalue weighted by molar-refractivity contribution is 5.85. The quantitative estimate of drug-likeness (QED) is 0.874. The molecule has 0 saturated carbocycles. The fraction of sp³-hybridized carbons (Fsp3) is 0.467. The molecule has 1 aromatic rings. The van der Waals surface area contributed by atoms with Crippen LogP contribution in [0.2, 0.25) is 0 Å². The summed E-state index contributed by atoms with van der Waals surface area (Å²) in [5.74, 6) is -0.183. The lowest BCUT2D eigenvalue weighted by molar-refractivity contribution is -0.134. The predicted octanol–water partition coefficient (Wildman–Crippen LogP) is 1.52. The zero-order valence-electron chi connectivity index (χ0n) is 12.1. The van der Waals surface area contributed by atoms with Crippen LogP contribution in [0, 0.1) is 6.92 Å². The highest BCUT2D eigenvalue weighted by Gasteiger charge is 2.13. The average Bonchev–Trinajstić information content (AvgIpc) is 2.30. The van der Waals surface area contributed by atoms with Crippen LogP contribution in [-0.4, -0.2) is 36.3 Å². The van der Waals surface area contributed by atoms with Crippen molar-refractivity contribution in [1.29, 1.82) is 0 Å². The van der Waals surface area contributed by atoms with Gasteiger partial charge >= 0.3 is 0 Å². The highest BCUT2D eigenvalue weighted by Crippen LogP contribution is 2.05. The molecule has 19 heavy (non-hydrogen) atoms. The SMILES string of the molecule is Cc1ccc(CC(=O)N(C)CC(=O)NC(C)C)cc1. The number of carbonyl (C=O) groups excluding carboxylic acids is 2. The molecule has 0 aliphatic heterocycles. The van der Waals surface area contributed by atoms with Crippen molar-refractivity contribution in [2.75, 3.05) is 13.6 Å². The molecule has 104 valence electrons. The summed E-state index contributed by atoms with van der Waals surface area (Å²) in [7, 11) is 1.65. The molecule has 0 bridgehead atoms. The smallest absolute Gasteiger partial charge is 0.239 e. The number of benzene rings is 1. The number of carbonyl (C=O) groups is 2. The van der Waals surface area contributed by atoms with E-state index in [-0.39, 0.29) is 24.4 Å². The Hall–Kier alpha value is -1.84. The van der Waals surface area contributed by atoms with Crippen molar-refractivity contribution in [3.63, 3.8) is 0 Å². The minimum Gasteiger partial charge on any atom is -0.352 e. The summed E-state index contributed by atoms with van der Waals surface area (Å²) in [5, 5.41) is 2.77. The lowest BCUT2D eigenvalue weighted by Gasteiger charge is -2.18. The molecule has 0 radical (unpaired) electrons. The van der Waals surface area contributed by atoms with Gasteiger partial charge in [-0.05, 0) is 26.3 Å². The molecule has 0 saturated heterocycles. The standard InChI is InChI=1S/C15H22N2O2/c1-11(2)16-14(18)10-17(4)15(19)9-13-7-5-12(3)6-8-13/h5-8,11H,9-10H2,1-4H3,(H,16,18). The van der Waals surface area contributed by atoms with Gasteiger partial charge in [-0.25, -0.2) is 0 Å². The molecule has 1 N–H and O–H groups in total. The average molecular weight is 262 g/mol. The van der Waals surface area contributed by atoms with E-state index in [1.165, 1.54) is 10.5 Å². The fourth-order valence-corrected chi connectivity index (χ4v) is 1.69. The molecular formula is C15H22N2O2. The molecular weight excluding hydrogens is 240 g/mol. The van der Waals surface area contributed by atoms with E-state index in [1.807, 2.05) is 45.0 Å². The van der Waals surface area contributed by atoms with Gasteiger partial charge in [0.1, 0.15) is 0 Å². The van der Waals surface area contributed by atoms with Crippen LogP contribution in [0.4, 0.5) is 0 Å². The Bertz CT molecular complexity index is 438. The number of nitrogens with zero attached hydrogens (tertiary/aromatic N) is 1. The number of likely N-dealkylation sites (N-methyl/N-ethyl adjacent to an activating group) is 1. The summed E-state index contributed by atoms with van der Waals surface area (Å²) >= 11 is 0. The first kappa shape index (κ1) is 15.2. The van der Waals surface area contributed by atoms with Crippen LogP contribution in [0.5, 0.6) is 0 Å². The first-order valence-corrected chi connectivity index (χ1v) is 6.47. The second-order valence-corrected chi connectivity index (χ2v) is 5.13. The van der Waals surface area contributed by atoms with Crippen LogP contribution in [0.25, 0.3) is 0 Å². The summed E-state index contributed by atoms with van der Waals surface area (Å²) < 4.78 is 0. The van der Waals surface area contributed by atoms with Crippen molar-refractivity contribution in [2.45, 2.75) is 33.2 Å². The van der Waals surface area contributed by atoms with Gasteiger partial charge in [0.05, 0.1) is 13.0 Å². The van der Waals surface area contributed by atoms with Gasteiger partial charge < -0.3 is 10.2 Å². The summed E-state index contributed by atoms with van der Waals surface area (Å²) in [6.07, 6.45) is 0.325. The molecule has 0 heterocycles. The lowest BCUT2D eigenvalue weighted by atomic mass is 10.1. The van der Waals surface area contributed by atoms with E-state index in [0.29, 0.717) is 6.42 Å². The molecule has 0 aliphatic carbocycles. The summed E-state index contributed by atoms with van der Waals surface area (Å²) in [4.78, 5) is 25.0. The molecule has 4 heteroatoms. The van der Waals surface area contributed by atoms with Crippen LogP contribution >= 0.6 is 0 Å². The van der Waals surface area contributed by atoms with Gasteiger partial charge in [0.15, 0.2) is 0 Å². The third kappa shape index (κ3) is 5.55. The van der Waals surface area contributed by atoms with Crippen molar-refractivity contribution >= 4 is 11.8 Å². The van der Waals surface area contributed by atoms with Crippen LogP contribution in [0.15, 0.2) is 24.3 Å². The Morgan fingerprint density at radius 2 is 1.79 bits per heavy atom. The van der Waals surface area contributed by atoms with E-state index in [0.717, 1.165) is 5.56 Å². The fourth-order valence-electron chi connectivity index (χ4n) is 1.69. The third-order valence-corrected chi connectivity index (χ3v) is 2.73. The van der Waals surface area contributed by atoms with Gasteiger partial charge in [-0.15, -0.1) is 0 Å². The van der Waals surface area contributed by atoms with E-state index >= 15 is 0 Å². The minimum atomic E-state index is -0.130. The maximum Gasteiger partial charge on any atom is 0.239 e. The Labute approximate surface area is 114 Å². The van der Waals surface area contributed by atoms with Crippen molar-refractivity contribution in [2.24, 2.45) is 0 Å². The number of hydrogen-bond acceptors (Lipinski definition) is 2. The largest absolute Gasteiger partial charge is 0.352 e. The summed E-state index contributed by atoms with van der Waals surface area (Å²) in [6.45, 7) is 5.90. The molecule has 1 rings (SSSR count). The first-order valence-electron chi connectivity index (χ1n) is 6.47. The van der Waals surface area contributed by atoms with Gasteiger partial charge in [-0.1, -0.05) is 29.8 Å². The van der Waals surface area contributed by atoms with Crippen molar-refractivity contribution in [1.82, 2.24) is 10.2 Å². The number of aryl methyl sites for hydroxylation is 1. The Morgan fingerprint density at radius 1 is 1.21 bits per heavy atom. The van der Waals surface area contributed by atoms with E-state index in [2.05, 4.69) is 5.32 Å². The van der Waals surface area contributed by atoms with Gasteiger partial charge in [0.2, 0.25) is 11.8 Å². The summed E-state index contributed by atoms with van der Waals surface area (Å²) in [5.41, 5.74) is 2.13. The normalized spacial score (nSPS) is 10.4. The van der Waals surface area contributed by atoms with Gasteiger partial charge in [0, 0.05) is 13.1 Å². The zero-order chi connectivity index (χ0) is 14.4. The number of amides is 2. The second kappa shape index (κ2) is 6.92. The zero-order valence-corrected chi connectivity index (χ0v) is 12.1. The predicted molar refractivity (Wildman–Crippen MR) is 75.8 cm³/mol. The third-order valence-electron chi connectivity index (χ3n) is 2.73. The molecule has 4 nitrogen and oxygen atoms in total. The molecule has 0 atom stereocenters. The highest BCUT2D eigenvalue weighted by atomic mass is 16.2. The van der Waals surface area contributed by atoms with E-state index in [1.54, 1.807) is 7.05 Å². The summed E-state index contributed by atoms with van der Waals surface area (Å²) in [6, 6.07) is 7.93. The van der Waals surface area contributed by atoms with Crippen LogP contribution < -0.4 is 5.32 Å². The molecule has 2 amide bonds. The number of nitrogens with one attached hydrogen (secondary N) is 1. The maximum absolute atomic E-state index is 12.0. The van der Waals surface area contributed by atoms with Crippen molar-refractivity contribution in [3.05, 3.63) is 35.4 Å². The number of hydrogen-bond donors (Lipinski definition) is 1. The minimum absolute atomic E-state index is 0.0530. The Kier molecular flexibility index (Phi) is 5.55. The molecule has 0 fully saturated rings. The molecule has 0 aliphatic rings. The Balaban J connectivity index is 2.48. The lowest BCUT2D eigenvalue weighted by Crippen LogP contribution is -2.41. The van der Waals surface area contributed by atoms with Crippen molar-refractivity contribution in [3.8, 4) is 0 Å². The van der Waals surface area contributed by atoms with Crippen LogP contribution in [0.1, 0.15) is 25.0 Å². The Morgan fingerprint density at radius 3 is 2.32 bits per heavy atom. The molecule has 1 aromatic carbocycles.